The first-order valence-corrected chi connectivity index (χ1v) is 15.4. The van der Waals surface area contributed by atoms with Crippen molar-refractivity contribution in [3.05, 3.63) is 118 Å². The average molecular weight is 687 g/mol. The zero-order valence-corrected chi connectivity index (χ0v) is 26.6. The van der Waals surface area contributed by atoms with E-state index < -0.39 is 23.2 Å². The molecule has 0 spiro atoms. The Balaban J connectivity index is 1.27. The molecule has 0 radical (unpaired) electrons. The highest BCUT2D eigenvalue weighted by Crippen LogP contribution is 2.24. The first kappa shape index (κ1) is 35.2. The third-order valence-electron chi connectivity index (χ3n) is 6.17. The number of aromatic carboxylic acids is 1. The summed E-state index contributed by atoms with van der Waals surface area (Å²) in [4.78, 5) is 39.3. The second kappa shape index (κ2) is 17.9. The van der Waals surface area contributed by atoms with Crippen molar-refractivity contribution in [2.45, 2.75) is 27.1 Å². The lowest BCUT2D eigenvalue weighted by Gasteiger charge is -2.13. The van der Waals surface area contributed by atoms with Crippen LogP contribution in [-0.2, 0) is 38.6 Å². The minimum Gasteiger partial charge on any atom is -0.478 e. The van der Waals surface area contributed by atoms with Gasteiger partial charge in [-0.2, -0.15) is 9.69 Å². The second-order valence-electron chi connectivity index (χ2n) is 9.63. The molecule has 0 fully saturated rings. The molecule has 47 heavy (non-hydrogen) atoms. The molecule has 0 aliphatic heterocycles. The van der Waals surface area contributed by atoms with Gasteiger partial charge in [0.1, 0.15) is 23.9 Å². The summed E-state index contributed by atoms with van der Waals surface area (Å²) < 4.78 is 33.3. The number of benzene rings is 4. The first-order valence-electron chi connectivity index (χ1n) is 13.7. The topological polar surface area (TPSA) is 180 Å². The van der Waals surface area contributed by atoms with E-state index in [1.807, 2.05) is 26.0 Å². The van der Waals surface area contributed by atoms with E-state index >= 15 is 0 Å². The highest BCUT2D eigenvalue weighted by atomic mass is 32.2. The number of carboxylic acid groups (broad SMARTS) is 1. The number of nitrogens with one attached hydrogen (secondary N) is 2. The Bertz CT molecular complexity index is 1670. The summed E-state index contributed by atoms with van der Waals surface area (Å²) in [5, 5.41) is 21.0. The summed E-state index contributed by atoms with van der Waals surface area (Å²) >= 11 is -1.67. The summed E-state index contributed by atoms with van der Waals surface area (Å²) in [6.45, 7) is 3.35. The van der Waals surface area contributed by atoms with E-state index in [0.717, 1.165) is 11.1 Å². The molecule has 0 saturated carbocycles. The van der Waals surface area contributed by atoms with Crippen LogP contribution in [-0.4, -0.2) is 33.1 Å². The SMILES string of the molecule is Cc1ccc(OOSOc2ccc(C(=O)O)c(C(=O)NCNOCc3cc(OS(=O)Oc4ccc(C)cc4)ccc3COO)c2)cc1. The zero-order valence-electron chi connectivity index (χ0n) is 25.0. The van der Waals surface area contributed by atoms with Crippen molar-refractivity contribution in [1.29, 1.82) is 0 Å². The molecule has 16 heteroatoms. The summed E-state index contributed by atoms with van der Waals surface area (Å²) in [7, 11) is 0. The molecule has 1 amide bonds. The van der Waals surface area contributed by atoms with E-state index in [4.69, 9.17) is 31.9 Å². The minimum atomic E-state index is -2.15. The molecule has 4 N–H and O–H groups in total. The van der Waals surface area contributed by atoms with Gasteiger partial charge in [0.05, 0.1) is 24.4 Å². The first-order chi connectivity index (χ1) is 22.7. The van der Waals surface area contributed by atoms with Crippen LogP contribution < -0.4 is 28.2 Å². The fraction of sp³-hybridized carbons (Fsp3) is 0.161. The Labute approximate surface area is 276 Å². The van der Waals surface area contributed by atoms with Gasteiger partial charge in [0, 0.05) is 0 Å². The van der Waals surface area contributed by atoms with Crippen LogP contribution in [0, 0.1) is 13.8 Å². The summed E-state index contributed by atoms with van der Waals surface area (Å²) in [5.74, 6) is -0.915. The van der Waals surface area contributed by atoms with Gasteiger partial charge in [0.15, 0.2) is 5.75 Å². The number of carbonyl (C=O) groups excluding carboxylic acids is 1. The molecule has 4 aromatic carbocycles. The minimum absolute atomic E-state index is 0.0944. The van der Waals surface area contributed by atoms with Crippen LogP contribution in [0.25, 0.3) is 0 Å². The normalized spacial score (nSPS) is 11.4. The number of aryl methyl sites for hydroxylation is 2. The maximum atomic E-state index is 12.8. The van der Waals surface area contributed by atoms with Crippen LogP contribution in [0.5, 0.6) is 23.0 Å². The molecule has 248 valence electrons. The van der Waals surface area contributed by atoms with Crippen molar-refractivity contribution in [3.63, 3.8) is 0 Å². The highest BCUT2D eigenvalue weighted by Gasteiger charge is 2.18. The van der Waals surface area contributed by atoms with E-state index in [1.54, 1.807) is 42.5 Å². The lowest BCUT2D eigenvalue weighted by molar-refractivity contribution is -0.253. The Morgan fingerprint density at radius 3 is 2.09 bits per heavy atom. The number of carboxylic acids is 1. The molecular weight excluding hydrogens is 656 g/mol. The third-order valence-corrected chi connectivity index (χ3v) is 7.21. The van der Waals surface area contributed by atoms with E-state index in [0.29, 0.717) is 34.9 Å². The Hall–Kier alpha value is -4.68. The molecule has 1 atom stereocenters. The predicted molar refractivity (Wildman–Crippen MR) is 169 cm³/mol. The van der Waals surface area contributed by atoms with Crippen LogP contribution in [0.3, 0.4) is 0 Å². The van der Waals surface area contributed by atoms with E-state index in [-0.39, 0.29) is 42.5 Å². The van der Waals surface area contributed by atoms with Gasteiger partial charge in [0.2, 0.25) is 0 Å². The molecule has 0 heterocycles. The second-order valence-corrected chi connectivity index (χ2v) is 10.8. The number of hydrogen-bond donors (Lipinski definition) is 4. The molecule has 4 aromatic rings. The number of rotatable bonds is 18. The van der Waals surface area contributed by atoms with E-state index in [9.17, 15) is 18.9 Å². The van der Waals surface area contributed by atoms with Crippen LogP contribution in [0.2, 0.25) is 0 Å². The van der Waals surface area contributed by atoms with E-state index in [2.05, 4.69) is 15.7 Å². The van der Waals surface area contributed by atoms with Crippen LogP contribution in [0.4, 0.5) is 0 Å². The highest BCUT2D eigenvalue weighted by molar-refractivity contribution is 7.90. The summed E-state index contributed by atoms with van der Waals surface area (Å²) in [5.41, 5.74) is 5.20. The largest absolute Gasteiger partial charge is 0.478 e. The fourth-order valence-electron chi connectivity index (χ4n) is 3.81. The van der Waals surface area contributed by atoms with Gasteiger partial charge in [-0.15, -0.1) is 0 Å². The molecule has 1 unspecified atom stereocenters. The Morgan fingerprint density at radius 1 is 0.766 bits per heavy atom. The van der Waals surface area contributed by atoms with Gasteiger partial charge in [-0.25, -0.2) is 9.68 Å². The van der Waals surface area contributed by atoms with Crippen molar-refractivity contribution in [2.75, 3.05) is 6.67 Å². The smallest absolute Gasteiger partial charge is 0.417 e. The standard InChI is InChI=1S/C31H30N2O12S2/c1-20-3-8-24(9-4-20)41-45-46-42-26-13-14-28(31(35)36)29(16-26)30(34)32-19-33-39-17-23-15-27(12-7-22(23)18-40-37)44-47(38)43-25-10-5-21(2)6-11-25/h3-16,33,37H,17-19H2,1-2H3,(H,32,34)(H,35,36). The summed E-state index contributed by atoms with van der Waals surface area (Å²) in [6, 6.07) is 22.4. The molecule has 0 aliphatic rings. The van der Waals surface area contributed by atoms with Crippen LogP contribution >= 0.6 is 12.3 Å². The van der Waals surface area contributed by atoms with Gasteiger partial charge in [-0.3, -0.25) is 14.9 Å². The van der Waals surface area contributed by atoms with Crippen molar-refractivity contribution >= 4 is 35.6 Å². The van der Waals surface area contributed by atoms with E-state index in [1.165, 1.54) is 30.3 Å². The molecule has 0 saturated heterocycles. The van der Waals surface area contributed by atoms with Gasteiger partial charge in [-0.1, -0.05) is 45.8 Å². The molecule has 0 aliphatic carbocycles. The number of amides is 1. The average Bonchev–Trinajstić information content (AvgIpc) is 3.05. The van der Waals surface area contributed by atoms with Crippen molar-refractivity contribution in [1.82, 2.24) is 10.8 Å². The monoisotopic (exact) mass is 686 g/mol. The van der Waals surface area contributed by atoms with Gasteiger partial charge >= 0.3 is 17.3 Å². The Morgan fingerprint density at radius 2 is 1.40 bits per heavy atom. The van der Waals surface area contributed by atoms with Gasteiger partial charge in [-0.05, 0) is 79.6 Å². The van der Waals surface area contributed by atoms with Gasteiger partial charge < -0.3 is 27.9 Å². The maximum Gasteiger partial charge on any atom is 0.417 e. The lowest BCUT2D eigenvalue weighted by atomic mass is 10.1. The quantitative estimate of drug-likeness (QED) is 0.0344. The molecule has 0 bridgehead atoms. The molecule has 0 aromatic heterocycles. The number of hydroxylamine groups is 1. The summed E-state index contributed by atoms with van der Waals surface area (Å²) in [6.07, 6.45) is 0. The van der Waals surface area contributed by atoms with Crippen molar-refractivity contribution < 1.29 is 55.7 Å². The zero-order chi connectivity index (χ0) is 33.6. The predicted octanol–water partition coefficient (Wildman–Crippen LogP) is 5.39. The van der Waals surface area contributed by atoms with Crippen molar-refractivity contribution in [2.24, 2.45) is 0 Å². The Kier molecular flexibility index (Phi) is 13.4. The van der Waals surface area contributed by atoms with Crippen molar-refractivity contribution in [3.8, 4) is 23.0 Å². The lowest BCUT2D eigenvalue weighted by Crippen LogP contribution is -2.34. The number of hydrogen-bond acceptors (Lipinski definition) is 13. The maximum absolute atomic E-state index is 12.8. The van der Waals surface area contributed by atoms with Gasteiger partial charge in [0.25, 0.3) is 18.2 Å². The third kappa shape index (κ3) is 11.3. The van der Waals surface area contributed by atoms with Crippen LogP contribution in [0.1, 0.15) is 43.0 Å². The fourth-order valence-corrected chi connectivity index (χ4v) is 4.69. The molecule has 4 rings (SSSR count). The van der Waals surface area contributed by atoms with Crippen LogP contribution in [0.15, 0.2) is 84.9 Å². The number of carbonyl (C=O) groups is 2. The molecule has 14 nitrogen and oxygen atoms in total. The molecular formula is C31H30N2O12S2.